The third-order valence-corrected chi connectivity index (χ3v) is 4.21. The van der Waals surface area contributed by atoms with Crippen molar-refractivity contribution in [3.05, 3.63) is 72.3 Å². The maximum Gasteiger partial charge on any atom is 0.231 e. The Morgan fingerprint density at radius 3 is 2.46 bits per heavy atom. The molecule has 0 unspecified atom stereocenters. The van der Waals surface area contributed by atoms with Gasteiger partial charge in [-0.1, -0.05) is 54.6 Å². The molecule has 0 saturated carbocycles. The van der Waals surface area contributed by atoms with Crippen LogP contribution in [0.3, 0.4) is 0 Å². The van der Waals surface area contributed by atoms with Gasteiger partial charge in [-0.25, -0.2) is 0 Å². The van der Waals surface area contributed by atoms with Gasteiger partial charge in [-0.3, -0.25) is 4.79 Å². The fraction of sp³-hybridized carbons (Fsp3) is 0.190. The number of carbonyl (C=O) groups excluding carboxylic acids is 1. The van der Waals surface area contributed by atoms with Gasteiger partial charge in [0, 0.05) is 17.5 Å². The molecule has 0 atom stereocenters. The number of benzene rings is 3. The van der Waals surface area contributed by atoms with Crippen molar-refractivity contribution in [2.75, 3.05) is 18.6 Å². The van der Waals surface area contributed by atoms with Crippen molar-refractivity contribution in [1.29, 1.82) is 0 Å². The van der Waals surface area contributed by atoms with E-state index in [4.69, 9.17) is 4.74 Å². The van der Waals surface area contributed by atoms with Crippen LogP contribution in [-0.4, -0.2) is 19.6 Å². The second-order valence-electron chi connectivity index (χ2n) is 5.62. The van der Waals surface area contributed by atoms with Crippen LogP contribution in [0, 0.1) is 0 Å². The van der Waals surface area contributed by atoms with Crippen molar-refractivity contribution in [3.63, 3.8) is 0 Å². The van der Waals surface area contributed by atoms with Crippen molar-refractivity contribution < 1.29 is 9.53 Å². The molecule has 0 aromatic heterocycles. The highest BCUT2D eigenvalue weighted by Crippen LogP contribution is 2.28. The van der Waals surface area contributed by atoms with E-state index in [0.29, 0.717) is 13.0 Å². The lowest BCUT2D eigenvalue weighted by molar-refractivity contribution is -0.117. The smallest absolute Gasteiger partial charge is 0.231 e. The summed E-state index contributed by atoms with van der Waals surface area (Å²) in [5, 5.41) is 2.23. The predicted octanol–water partition coefficient (Wildman–Crippen LogP) is 4.44. The van der Waals surface area contributed by atoms with Crippen LogP contribution in [0.15, 0.2) is 66.7 Å². The average Bonchev–Trinajstić information content (AvgIpc) is 2.63. The van der Waals surface area contributed by atoms with Gasteiger partial charge < -0.3 is 9.64 Å². The van der Waals surface area contributed by atoms with Gasteiger partial charge in [-0.15, -0.1) is 0 Å². The molecule has 0 N–H and O–H groups in total. The van der Waals surface area contributed by atoms with E-state index in [0.717, 1.165) is 27.8 Å². The van der Waals surface area contributed by atoms with Gasteiger partial charge in [0.1, 0.15) is 5.75 Å². The van der Waals surface area contributed by atoms with E-state index in [9.17, 15) is 4.79 Å². The van der Waals surface area contributed by atoms with E-state index < -0.39 is 0 Å². The molecule has 0 aliphatic rings. The second kappa shape index (κ2) is 7.18. The van der Waals surface area contributed by atoms with Gasteiger partial charge in [-0.05, 0) is 24.4 Å². The van der Waals surface area contributed by atoms with E-state index in [-0.39, 0.29) is 5.91 Å². The zero-order valence-electron chi connectivity index (χ0n) is 14.0. The zero-order chi connectivity index (χ0) is 16.9. The van der Waals surface area contributed by atoms with Crippen molar-refractivity contribution in [2.45, 2.75) is 13.3 Å². The van der Waals surface area contributed by atoms with Crippen LogP contribution in [-0.2, 0) is 11.2 Å². The molecule has 24 heavy (non-hydrogen) atoms. The Labute approximate surface area is 142 Å². The number of carbonyl (C=O) groups is 1. The number of anilines is 1. The van der Waals surface area contributed by atoms with Crippen LogP contribution in [0.5, 0.6) is 5.75 Å². The third-order valence-electron chi connectivity index (χ3n) is 4.21. The summed E-state index contributed by atoms with van der Waals surface area (Å²) in [6.45, 7) is 2.63. The van der Waals surface area contributed by atoms with E-state index in [1.54, 1.807) is 7.11 Å². The molecule has 0 heterocycles. The van der Waals surface area contributed by atoms with Crippen LogP contribution in [0.25, 0.3) is 10.8 Å². The highest BCUT2D eigenvalue weighted by atomic mass is 16.5. The number of hydrogen-bond donors (Lipinski definition) is 0. The molecular formula is C21H21NO2. The van der Waals surface area contributed by atoms with Crippen molar-refractivity contribution in [3.8, 4) is 5.75 Å². The van der Waals surface area contributed by atoms with Crippen molar-refractivity contribution >= 4 is 22.4 Å². The molecule has 0 fully saturated rings. The number of likely N-dealkylation sites (N-methyl/N-ethyl adjacent to an activating group) is 1. The molecule has 1 amide bonds. The van der Waals surface area contributed by atoms with Gasteiger partial charge in [0.15, 0.2) is 0 Å². The molecule has 3 rings (SSSR count). The van der Waals surface area contributed by atoms with Crippen molar-refractivity contribution in [1.82, 2.24) is 0 Å². The molecule has 3 nitrogen and oxygen atoms in total. The molecule has 3 aromatic carbocycles. The summed E-state index contributed by atoms with van der Waals surface area (Å²) in [5.74, 6) is 0.818. The minimum atomic E-state index is 0.0679. The fourth-order valence-electron chi connectivity index (χ4n) is 3.03. The molecule has 3 heteroatoms. The first kappa shape index (κ1) is 16.1. The molecule has 0 aliphatic heterocycles. The van der Waals surface area contributed by atoms with Gasteiger partial charge in [0.25, 0.3) is 0 Å². The number of amides is 1. The Hall–Kier alpha value is -2.81. The predicted molar refractivity (Wildman–Crippen MR) is 98.7 cm³/mol. The number of nitrogens with zero attached hydrogens (tertiary/aromatic N) is 1. The molecule has 3 aromatic rings. The first-order chi connectivity index (χ1) is 11.7. The lowest BCUT2D eigenvalue weighted by Gasteiger charge is -2.23. The summed E-state index contributed by atoms with van der Waals surface area (Å²) in [4.78, 5) is 14.8. The van der Waals surface area contributed by atoms with E-state index >= 15 is 0 Å². The third kappa shape index (κ3) is 3.11. The number of rotatable bonds is 5. The monoisotopic (exact) mass is 319 g/mol. The topological polar surface area (TPSA) is 29.5 Å². The molecule has 0 radical (unpaired) electrons. The van der Waals surface area contributed by atoms with Gasteiger partial charge in [0.2, 0.25) is 5.91 Å². The second-order valence-corrected chi connectivity index (χ2v) is 5.62. The highest BCUT2D eigenvalue weighted by molar-refractivity contribution is 6.04. The number of fused-ring (bicyclic) bond motifs is 1. The largest absolute Gasteiger partial charge is 0.496 e. The van der Waals surface area contributed by atoms with Crippen LogP contribution < -0.4 is 9.64 Å². The zero-order valence-corrected chi connectivity index (χ0v) is 14.0. The van der Waals surface area contributed by atoms with Crippen LogP contribution in [0.1, 0.15) is 12.5 Å². The quantitative estimate of drug-likeness (QED) is 0.695. The Balaban J connectivity index is 1.94. The van der Waals surface area contributed by atoms with Gasteiger partial charge >= 0.3 is 0 Å². The molecule has 0 saturated heterocycles. The molecular weight excluding hydrogens is 298 g/mol. The molecule has 0 aliphatic carbocycles. The molecule has 122 valence electrons. The highest BCUT2D eigenvalue weighted by Gasteiger charge is 2.18. The summed E-state index contributed by atoms with van der Waals surface area (Å²) in [7, 11) is 1.63. The van der Waals surface area contributed by atoms with Crippen LogP contribution in [0.4, 0.5) is 5.69 Å². The summed E-state index contributed by atoms with van der Waals surface area (Å²) in [6, 6.07) is 21.9. The van der Waals surface area contributed by atoms with Crippen LogP contribution in [0.2, 0.25) is 0 Å². The van der Waals surface area contributed by atoms with E-state index in [1.807, 2.05) is 60.4 Å². The number of ether oxygens (including phenoxy) is 1. The summed E-state index contributed by atoms with van der Waals surface area (Å²) >= 11 is 0. The molecule has 0 spiro atoms. The number of para-hydroxylation sites is 1. The van der Waals surface area contributed by atoms with Gasteiger partial charge in [0.05, 0.1) is 19.2 Å². The SMILES string of the molecule is CCN(C(=O)Cc1ccccc1OC)c1cccc2ccccc12. The summed E-state index contributed by atoms with van der Waals surface area (Å²) in [6.07, 6.45) is 0.321. The minimum absolute atomic E-state index is 0.0679. The minimum Gasteiger partial charge on any atom is -0.496 e. The lowest BCUT2D eigenvalue weighted by atomic mass is 10.1. The normalized spacial score (nSPS) is 10.6. The maximum atomic E-state index is 12.9. The fourth-order valence-corrected chi connectivity index (χ4v) is 3.03. The first-order valence-electron chi connectivity index (χ1n) is 8.14. The van der Waals surface area contributed by atoms with Crippen molar-refractivity contribution in [2.24, 2.45) is 0 Å². The lowest BCUT2D eigenvalue weighted by Crippen LogP contribution is -2.32. The summed E-state index contributed by atoms with van der Waals surface area (Å²) < 4.78 is 5.36. The standard InChI is InChI=1S/C21H21NO2/c1-3-22(19-13-8-11-16-9-4-6-12-18(16)19)21(23)15-17-10-5-7-14-20(17)24-2/h4-14H,3,15H2,1-2H3. The summed E-state index contributed by atoms with van der Waals surface area (Å²) in [5.41, 5.74) is 1.86. The maximum absolute atomic E-state index is 12.9. The number of methoxy groups -OCH3 is 1. The first-order valence-corrected chi connectivity index (χ1v) is 8.14. The van der Waals surface area contributed by atoms with Crippen LogP contribution >= 0.6 is 0 Å². The average molecular weight is 319 g/mol. The Bertz CT molecular complexity index is 852. The number of hydrogen-bond acceptors (Lipinski definition) is 2. The Morgan fingerprint density at radius 2 is 1.67 bits per heavy atom. The van der Waals surface area contributed by atoms with Gasteiger partial charge in [-0.2, -0.15) is 0 Å². The Kier molecular flexibility index (Phi) is 4.80. The molecule has 0 bridgehead atoms. The van der Waals surface area contributed by atoms with E-state index in [2.05, 4.69) is 18.2 Å². The Morgan fingerprint density at radius 1 is 0.958 bits per heavy atom. The van der Waals surface area contributed by atoms with E-state index in [1.165, 1.54) is 0 Å².